The first-order valence-electron chi connectivity index (χ1n) is 10.6. The molecule has 0 bridgehead atoms. The van der Waals surface area contributed by atoms with E-state index in [-0.39, 0.29) is 17.7 Å². The summed E-state index contributed by atoms with van der Waals surface area (Å²) in [5.41, 5.74) is 2.86. The second-order valence-electron chi connectivity index (χ2n) is 7.92. The van der Waals surface area contributed by atoms with E-state index in [9.17, 15) is 9.59 Å². The molecule has 0 saturated carbocycles. The van der Waals surface area contributed by atoms with Crippen LogP contribution in [0.3, 0.4) is 0 Å². The van der Waals surface area contributed by atoms with Crippen molar-refractivity contribution in [3.05, 3.63) is 65.5 Å². The Hall–Kier alpha value is -2.73. The summed E-state index contributed by atoms with van der Waals surface area (Å²) < 4.78 is 5.17. The van der Waals surface area contributed by atoms with Crippen LogP contribution < -0.4 is 0 Å². The molecule has 2 amide bonds. The van der Waals surface area contributed by atoms with Crippen LogP contribution in [-0.4, -0.2) is 59.9 Å². The zero-order valence-electron chi connectivity index (χ0n) is 17.9. The summed E-state index contributed by atoms with van der Waals surface area (Å²) in [4.78, 5) is 34.1. The van der Waals surface area contributed by atoms with Gasteiger partial charge >= 0.3 is 0 Å². The van der Waals surface area contributed by atoms with Gasteiger partial charge < -0.3 is 14.5 Å². The van der Waals surface area contributed by atoms with Crippen LogP contribution in [0, 0.1) is 12.8 Å². The Morgan fingerprint density at radius 1 is 1.17 bits per heavy atom. The highest BCUT2D eigenvalue weighted by Gasteiger charge is 2.31. The van der Waals surface area contributed by atoms with Crippen LogP contribution in [0.15, 0.2) is 48.8 Å². The van der Waals surface area contributed by atoms with Gasteiger partial charge in [0.05, 0.1) is 5.92 Å². The van der Waals surface area contributed by atoms with Gasteiger partial charge in [-0.3, -0.25) is 14.6 Å². The highest BCUT2D eigenvalue weighted by atomic mass is 16.5. The minimum Gasteiger partial charge on any atom is -0.385 e. The second kappa shape index (κ2) is 10.9. The number of carbonyl (C=O) groups excluding carboxylic acids is 2. The van der Waals surface area contributed by atoms with Crippen LogP contribution in [0.25, 0.3) is 0 Å². The number of likely N-dealkylation sites (tertiary alicyclic amines) is 1. The number of aromatic nitrogens is 1. The number of ether oxygens (including phenoxy) is 1. The molecule has 6 nitrogen and oxygen atoms in total. The summed E-state index contributed by atoms with van der Waals surface area (Å²) >= 11 is 0. The lowest BCUT2D eigenvalue weighted by Crippen LogP contribution is -2.47. The fourth-order valence-electron chi connectivity index (χ4n) is 3.88. The quantitative estimate of drug-likeness (QED) is 0.628. The first kappa shape index (κ1) is 22.0. The van der Waals surface area contributed by atoms with Gasteiger partial charge in [0.2, 0.25) is 5.91 Å². The molecule has 1 saturated heterocycles. The van der Waals surface area contributed by atoms with E-state index in [4.69, 9.17) is 4.74 Å². The van der Waals surface area contributed by atoms with Crippen molar-refractivity contribution < 1.29 is 14.3 Å². The van der Waals surface area contributed by atoms with Gasteiger partial charge in [0.15, 0.2) is 0 Å². The van der Waals surface area contributed by atoms with E-state index in [1.807, 2.05) is 53.1 Å². The number of benzene rings is 1. The molecule has 30 heavy (non-hydrogen) atoms. The van der Waals surface area contributed by atoms with Crippen molar-refractivity contribution in [2.45, 2.75) is 32.7 Å². The fourth-order valence-corrected chi connectivity index (χ4v) is 3.88. The SMILES string of the molecule is COCCCN(Cc1ccncc1)C(=O)C1CCCN(C(=O)c2ccc(C)cc2)C1. The molecule has 1 aromatic heterocycles. The number of carbonyl (C=O) groups is 2. The minimum atomic E-state index is -0.169. The number of methoxy groups -OCH3 is 1. The Morgan fingerprint density at radius 3 is 2.60 bits per heavy atom. The molecular formula is C24H31N3O3. The van der Waals surface area contributed by atoms with Gasteiger partial charge in [-0.05, 0) is 56.0 Å². The van der Waals surface area contributed by atoms with Crippen molar-refractivity contribution in [3.8, 4) is 0 Å². The predicted octanol–water partition coefficient (Wildman–Crippen LogP) is 3.31. The van der Waals surface area contributed by atoms with Gasteiger partial charge in [-0.2, -0.15) is 0 Å². The van der Waals surface area contributed by atoms with E-state index in [1.165, 1.54) is 0 Å². The number of nitrogens with zero attached hydrogens (tertiary/aromatic N) is 3. The topological polar surface area (TPSA) is 62.7 Å². The first-order valence-corrected chi connectivity index (χ1v) is 10.6. The minimum absolute atomic E-state index is 0.00701. The molecule has 1 unspecified atom stereocenters. The summed E-state index contributed by atoms with van der Waals surface area (Å²) in [6.45, 7) is 4.98. The van der Waals surface area contributed by atoms with Crippen molar-refractivity contribution in [1.82, 2.24) is 14.8 Å². The van der Waals surface area contributed by atoms with Gasteiger partial charge in [-0.15, -0.1) is 0 Å². The Bertz CT molecular complexity index is 823. The van der Waals surface area contributed by atoms with Gasteiger partial charge in [0.1, 0.15) is 0 Å². The number of hydrogen-bond donors (Lipinski definition) is 0. The van der Waals surface area contributed by atoms with Gasteiger partial charge in [0.25, 0.3) is 5.91 Å². The predicted molar refractivity (Wildman–Crippen MR) is 116 cm³/mol. The van der Waals surface area contributed by atoms with E-state index in [1.54, 1.807) is 19.5 Å². The second-order valence-corrected chi connectivity index (χ2v) is 7.92. The third-order valence-corrected chi connectivity index (χ3v) is 5.57. The molecular weight excluding hydrogens is 378 g/mol. The van der Waals surface area contributed by atoms with Crippen molar-refractivity contribution in [1.29, 1.82) is 0 Å². The zero-order chi connectivity index (χ0) is 21.3. The van der Waals surface area contributed by atoms with E-state index < -0.39 is 0 Å². The Morgan fingerprint density at radius 2 is 1.90 bits per heavy atom. The summed E-state index contributed by atoms with van der Waals surface area (Å²) in [5, 5.41) is 0. The summed E-state index contributed by atoms with van der Waals surface area (Å²) in [7, 11) is 1.67. The van der Waals surface area contributed by atoms with Gasteiger partial charge in [-0.25, -0.2) is 0 Å². The molecule has 1 aliphatic heterocycles. The van der Waals surface area contributed by atoms with E-state index in [0.29, 0.717) is 38.3 Å². The maximum Gasteiger partial charge on any atom is 0.253 e. The van der Waals surface area contributed by atoms with Crippen molar-refractivity contribution in [2.24, 2.45) is 5.92 Å². The van der Waals surface area contributed by atoms with Crippen LogP contribution >= 0.6 is 0 Å². The highest BCUT2D eigenvalue weighted by molar-refractivity contribution is 5.94. The van der Waals surface area contributed by atoms with Gasteiger partial charge in [0, 0.05) is 57.9 Å². The molecule has 1 aliphatic rings. The van der Waals surface area contributed by atoms with Crippen LogP contribution in [0.4, 0.5) is 0 Å². The number of piperidine rings is 1. The standard InChI is InChI=1S/C24H31N3O3/c1-19-6-8-21(9-7-19)23(28)27-14-3-5-22(18-27)24(29)26(15-4-16-30-2)17-20-10-12-25-13-11-20/h6-13,22H,3-5,14-18H2,1-2H3. The molecule has 3 rings (SSSR count). The van der Waals surface area contributed by atoms with Crippen LogP contribution in [0.2, 0.25) is 0 Å². The highest BCUT2D eigenvalue weighted by Crippen LogP contribution is 2.22. The van der Waals surface area contributed by atoms with Crippen LogP contribution in [0.1, 0.15) is 40.7 Å². The molecule has 1 fully saturated rings. The van der Waals surface area contributed by atoms with Crippen LogP contribution in [0.5, 0.6) is 0 Å². The third-order valence-electron chi connectivity index (χ3n) is 5.57. The number of hydrogen-bond acceptors (Lipinski definition) is 4. The lowest BCUT2D eigenvalue weighted by Gasteiger charge is -2.35. The number of pyridine rings is 1. The van der Waals surface area contributed by atoms with Gasteiger partial charge in [-0.1, -0.05) is 17.7 Å². The number of amides is 2. The molecule has 1 atom stereocenters. The Balaban J connectivity index is 1.68. The molecule has 2 aromatic rings. The van der Waals surface area contributed by atoms with E-state index >= 15 is 0 Å². The average Bonchev–Trinajstić information content (AvgIpc) is 2.79. The maximum atomic E-state index is 13.4. The van der Waals surface area contributed by atoms with Crippen molar-refractivity contribution >= 4 is 11.8 Å². The smallest absolute Gasteiger partial charge is 0.253 e. The van der Waals surface area contributed by atoms with Crippen molar-refractivity contribution in [2.75, 3.05) is 33.4 Å². The largest absolute Gasteiger partial charge is 0.385 e. The van der Waals surface area contributed by atoms with E-state index in [2.05, 4.69) is 4.98 Å². The monoisotopic (exact) mass is 409 g/mol. The molecule has 1 aromatic carbocycles. The molecule has 0 spiro atoms. The number of rotatable bonds is 8. The normalized spacial score (nSPS) is 16.3. The Labute approximate surface area is 178 Å². The van der Waals surface area contributed by atoms with E-state index in [0.717, 1.165) is 30.4 Å². The van der Waals surface area contributed by atoms with Crippen LogP contribution in [-0.2, 0) is 16.1 Å². The Kier molecular flexibility index (Phi) is 7.97. The molecule has 6 heteroatoms. The zero-order valence-corrected chi connectivity index (χ0v) is 17.9. The lowest BCUT2D eigenvalue weighted by atomic mass is 9.95. The lowest BCUT2D eigenvalue weighted by molar-refractivity contribution is -0.137. The summed E-state index contributed by atoms with van der Waals surface area (Å²) in [6, 6.07) is 11.5. The fraction of sp³-hybridized carbons (Fsp3) is 0.458. The molecule has 2 heterocycles. The summed E-state index contributed by atoms with van der Waals surface area (Å²) in [6.07, 6.45) is 5.93. The molecule has 160 valence electrons. The number of aryl methyl sites for hydroxylation is 1. The molecule has 0 radical (unpaired) electrons. The average molecular weight is 410 g/mol. The maximum absolute atomic E-state index is 13.4. The van der Waals surface area contributed by atoms with Crippen molar-refractivity contribution in [3.63, 3.8) is 0 Å². The first-order chi connectivity index (χ1) is 14.6. The third kappa shape index (κ3) is 5.89. The summed E-state index contributed by atoms with van der Waals surface area (Å²) in [5.74, 6) is -0.0468. The molecule has 0 N–H and O–H groups in total. The molecule has 0 aliphatic carbocycles.